The molecule has 0 spiro atoms. The number of halogens is 3. The molecule has 1 N–H and O–H groups in total. The van der Waals surface area contributed by atoms with Crippen molar-refractivity contribution in [2.45, 2.75) is 6.36 Å². The maximum Gasteiger partial charge on any atom is 0.573 e. The summed E-state index contributed by atoms with van der Waals surface area (Å²) in [7, 11) is 0. The molecule has 100 valence electrons. The van der Waals surface area contributed by atoms with Crippen LogP contribution in [0.1, 0.15) is 10.5 Å². The molecule has 0 bridgehead atoms. The zero-order chi connectivity index (χ0) is 14.0. The van der Waals surface area contributed by atoms with E-state index in [2.05, 4.69) is 15.0 Å². The summed E-state index contributed by atoms with van der Waals surface area (Å²) in [5.74, 6) is -1.66. The fourth-order valence-electron chi connectivity index (χ4n) is 1.36. The van der Waals surface area contributed by atoms with Crippen LogP contribution < -0.4 is 4.74 Å². The summed E-state index contributed by atoms with van der Waals surface area (Å²) in [5, 5.41) is 15.8. The number of rotatable bonds is 3. The number of nitrogens with zero attached hydrogens (tertiary/aromatic N) is 3. The van der Waals surface area contributed by atoms with E-state index in [1.165, 1.54) is 12.1 Å². The molecule has 19 heavy (non-hydrogen) atoms. The highest BCUT2D eigenvalue weighted by Crippen LogP contribution is 2.23. The molecule has 0 saturated heterocycles. The van der Waals surface area contributed by atoms with E-state index in [9.17, 15) is 18.0 Å². The molecule has 1 aromatic heterocycles. The number of ether oxygens (including phenoxy) is 1. The average molecular weight is 273 g/mol. The van der Waals surface area contributed by atoms with E-state index >= 15 is 0 Å². The van der Waals surface area contributed by atoms with Crippen molar-refractivity contribution < 1.29 is 27.8 Å². The van der Waals surface area contributed by atoms with E-state index in [0.717, 1.165) is 23.0 Å². The Morgan fingerprint density at radius 1 is 1.26 bits per heavy atom. The summed E-state index contributed by atoms with van der Waals surface area (Å²) < 4.78 is 40.5. The van der Waals surface area contributed by atoms with Gasteiger partial charge in [0.25, 0.3) is 0 Å². The van der Waals surface area contributed by atoms with Gasteiger partial charge in [-0.2, -0.15) is 0 Å². The van der Waals surface area contributed by atoms with Gasteiger partial charge in [0, 0.05) is 0 Å². The zero-order valence-corrected chi connectivity index (χ0v) is 9.13. The van der Waals surface area contributed by atoms with Crippen molar-refractivity contribution in [3.8, 4) is 11.4 Å². The quantitative estimate of drug-likeness (QED) is 0.923. The summed E-state index contributed by atoms with van der Waals surface area (Å²) in [6, 6.07) is 4.58. The van der Waals surface area contributed by atoms with Gasteiger partial charge >= 0.3 is 12.3 Å². The summed E-state index contributed by atoms with van der Waals surface area (Å²) in [4.78, 5) is 10.8. The molecule has 0 amide bonds. The lowest BCUT2D eigenvalue weighted by atomic mass is 10.3. The highest BCUT2D eigenvalue weighted by Gasteiger charge is 2.31. The highest BCUT2D eigenvalue weighted by atomic mass is 19.4. The number of benzene rings is 1. The monoisotopic (exact) mass is 273 g/mol. The van der Waals surface area contributed by atoms with Crippen LogP contribution in [0.15, 0.2) is 30.5 Å². The minimum absolute atomic E-state index is 0.204. The van der Waals surface area contributed by atoms with Crippen LogP contribution in [-0.4, -0.2) is 32.4 Å². The Morgan fingerprint density at radius 2 is 1.89 bits per heavy atom. The van der Waals surface area contributed by atoms with Gasteiger partial charge in [-0.15, -0.1) is 18.3 Å². The van der Waals surface area contributed by atoms with Gasteiger partial charge in [0.1, 0.15) is 5.75 Å². The molecule has 0 aliphatic carbocycles. The minimum atomic E-state index is -4.78. The molecule has 2 aromatic rings. The molecule has 6 nitrogen and oxygen atoms in total. The second-order valence-electron chi connectivity index (χ2n) is 3.38. The number of hydrogen-bond acceptors (Lipinski definition) is 4. The third-order valence-electron chi connectivity index (χ3n) is 2.08. The van der Waals surface area contributed by atoms with Gasteiger partial charge in [-0.1, -0.05) is 5.21 Å². The Hall–Kier alpha value is -2.58. The van der Waals surface area contributed by atoms with Crippen LogP contribution in [0.4, 0.5) is 13.2 Å². The molecule has 0 aliphatic heterocycles. The van der Waals surface area contributed by atoms with Gasteiger partial charge in [0.05, 0.1) is 11.9 Å². The van der Waals surface area contributed by atoms with Crippen LogP contribution in [0, 0.1) is 0 Å². The molecule has 0 radical (unpaired) electrons. The number of alkyl halides is 3. The lowest BCUT2D eigenvalue weighted by molar-refractivity contribution is -0.274. The number of hydrogen-bond donors (Lipinski definition) is 1. The first-order valence-electron chi connectivity index (χ1n) is 4.87. The summed E-state index contributed by atoms with van der Waals surface area (Å²) in [5.41, 5.74) is 0.0499. The Bertz CT molecular complexity index is 592. The van der Waals surface area contributed by atoms with Crippen molar-refractivity contribution in [3.63, 3.8) is 0 Å². The van der Waals surface area contributed by atoms with Gasteiger partial charge < -0.3 is 9.84 Å². The molecule has 9 heteroatoms. The van der Waals surface area contributed by atoms with Crippen LogP contribution in [0.25, 0.3) is 5.69 Å². The van der Waals surface area contributed by atoms with Crippen molar-refractivity contribution >= 4 is 5.97 Å². The van der Waals surface area contributed by atoms with Crippen molar-refractivity contribution in [1.82, 2.24) is 15.0 Å². The van der Waals surface area contributed by atoms with E-state index < -0.39 is 18.1 Å². The first-order valence-corrected chi connectivity index (χ1v) is 4.87. The maximum atomic E-state index is 12.0. The second kappa shape index (κ2) is 4.59. The van der Waals surface area contributed by atoms with Gasteiger partial charge in [0.2, 0.25) is 0 Å². The molecule has 0 fully saturated rings. The van der Waals surface area contributed by atoms with Crippen molar-refractivity contribution in [3.05, 3.63) is 36.2 Å². The fraction of sp³-hybridized carbons (Fsp3) is 0.100. The predicted octanol–water partition coefficient (Wildman–Crippen LogP) is 1.86. The highest BCUT2D eigenvalue weighted by molar-refractivity contribution is 5.85. The molecular weight excluding hydrogens is 267 g/mol. The fourth-order valence-corrected chi connectivity index (χ4v) is 1.36. The van der Waals surface area contributed by atoms with E-state index in [-0.39, 0.29) is 11.4 Å². The maximum absolute atomic E-state index is 12.0. The summed E-state index contributed by atoms with van der Waals surface area (Å²) in [6.07, 6.45) is -3.75. The molecule has 0 atom stereocenters. The van der Waals surface area contributed by atoms with Gasteiger partial charge in [-0.05, 0) is 24.3 Å². The number of carbonyl (C=O) groups is 1. The number of aromatic carboxylic acids is 1. The van der Waals surface area contributed by atoms with Gasteiger partial charge in [-0.25, -0.2) is 9.48 Å². The standard InChI is InChI=1S/C10H6F3N3O3/c11-10(12,13)19-7-3-1-6(2-4-7)16-8(9(17)18)5-14-15-16/h1-5H,(H,17,18). The number of carboxylic acid groups (broad SMARTS) is 1. The number of carboxylic acids is 1. The van der Waals surface area contributed by atoms with E-state index in [4.69, 9.17) is 5.11 Å². The zero-order valence-electron chi connectivity index (χ0n) is 9.13. The first-order chi connectivity index (χ1) is 8.87. The first kappa shape index (κ1) is 12.9. The van der Waals surface area contributed by atoms with Crippen molar-refractivity contribution in [2.75, 3.05) is 0 Å². The lowest BCUT2D eigenvalue weighted by Gasteiger charge is -2.09. The topological polar surface area (TPSA) is 77.2 Å². The third-order valence-corrected chi connectivity index (χ3v) is 2.08. The van der Waals surface area contributed by atoms with Crippen LogP contribution in [0.2, 0.25) is 0 Å². The molecule has 0 saturated carbocycles. The van der Waals surface area contributed by atoms with E-state index in [1.807, 2.05) is 0 Å². The molecular formula is C10H6F3N3O3. The molecule has 1 aromatic carbocycles. The molecule has 1 heterocycles. The summed E-state index contributed by atoms with van der Waals surface area (Å²) in [6.45, 7) is 0. The predicted molar refractivity (Wildman–Crippen MR) is 55.0 cm³/mol. The lowest BCUT2D eigenvalue weighted by Crippen LogP contribution is -2.17. The van der Waals surface area contributed by atoms with E-state index in [0.29, 0.717) is 0 Å². The van der Waals surface area contributed by atoms with Gasteiger partial charge in [0.15, 0.2) is 5.69 Å². The Kier molecular flexibility index (Phi) is 3.11. The second-order valence-corrected chi connectivity index (χ2v) is 3.38. The molecule has 0 unspecified atom stereocenters. The van der Waals surface area contributed by atoms with Crippen molar-refractivity contribution in [2.24, 2.45) is 0 Å². The summed E-state index contributed by atoms with van der Waals surface area (Å²) >= 11 is 0. The van der Waals surface area contributed by atoms with Crippen LogP contribution in [0.5, 0.6) is 5.75 Å². The Morgan fingerprint density at radius 3 is 2.42 bits per heavy atom. The minimum Gasteiger partial charge on any atom is -0.476 e. The third kappa shape index (κ3) is 3.00. The smallest absolute Gasteiger partial charge is 0.476 e. The SMILES string of the molecule is O=C(O)c1cnnn1-c1ccc(OC(F)(F)F)cc1. The van der Waals surface area contributed by atoms with E-state index in [1.54, 1.807) is 0 Å². The Balaban J connectivity index is 2.28. The van der Waals surface area contributed by atoms with Crippen LogP contribution >= 0.6 is 0 Å². The Labute approximate surface area is 104 Å². The van der Waals surface area contributed by atoms with Crippen LogP contribution in [0.3, 0.4) is 0 Å². The largest absolute Gasteiger partial charge is 0.573 e. The van der Waals surface area contributed by atoms with Crippen molar-refractivity contribution in [1.29, 1.82) is 0 Å². The normalized spacial score (nSPS) is 11.3. The van der Waals surface area contributed by atoms with Gasteiger partial charge in [-0.3, -0.25) is 0 Å². The van der Waals surface area contributed by atoms with Crippen LogP contribution in [-0.2, 0) is 0 Å². The molecule has 0 aliphatic rings. The molecule has 2 rings (SSSR count). The average Bonchev–Trinajstić information content (AvgIpc) is 2.76. The number of aromatic nitrogens is 3.